The zero-order valence-electron chi connectivity index (χ0n) is 15.2. The maximum atomic E-state index is 12.6. The number of esters is 1. The first-order valence-corrected chi connectivity index (χ1v) is 9.68. The van der Waals surface area contributed by atoms with Crippen LogP contribution in [0.25, 0.3) is 10.1 Å². The molecule has 2 atom stereocenters. The Morgan fingerprint density at radius 2 is 2.07 bits per heavy atom. The van der Waals surface area contributed by atoms with Gasteiger partial charge in [0.2, 0.25) is 0 Å². The molecule has 1 aromatic carbocycles. The van der Waals surface area contributed by atoms with E-state index >= 15 is 0 Å². The zero-order valence-corrected chi connectivity index (χ0v) is 16.0. The highest BCUT2D eigenvalue weighted by molar-refractivity contribution is 7.20. The lowest BCUT2D eigenvalue weighted by Crippen LogP contribution is -2.47. The number of benzene rings is 1. The van der Waals surface area contributed by atoms with Gasteiger partial charge >= 0.3 is 18.0 Å². The van der Waals surface area contributed by atoms with Crippen molar-refractivity contribution in [2.24, 2.45) is 11.8 Å². The minimum atomic E-state index is -0.870. The standard InChI is InChI=1S/C19H22N2O5S/c1-3-26-18(24)16-8-12-7-14(4-5-15(12)27-16)20-19(25)21-9-11(2)6-13(10-21)17(22)23/h4-5,7-8,11,13H,3,6,9-10H2,1-2H3,(H,20,25)(H,22,23). The molecule has 2 aromatic rings. The van der Waals surface area contributed by atoms with Crippen molar-refractivity contribution in [2.75, 3.05) is 25.0 Å². The van der Waals surface area contributed by atoms with E-state index in [0.717, 1.165) is 10.1 Å². The van der Waals surface area contributed by atoms with Gasteiger partial charge in [-0.25, -0.2) is 9.59 Å². The maximum Gasteiger partial charge on any atom is 0.348 e. The van der Waals surface area contributed by atoms with Crippen molar-refractivity contribution in [3.8, 4) is 0 Å². The molecule has 27 heavy (non-hydrogen) atoms. The van der Waals surface area contributed by atoms with Crippen LogP contribution in [0.4, 0.5) is 10.5 Å². The molecule has 0 radical (unpaired) electrons. The zero-order chi connectivity index (χ0) is 19.6. The molecule has 0 bridgehead atoms. The largest absolute Gasteiger partial charge is 0.481 e. The number of hydrogen-bond donors (Lipinski definition) is 2. The number of ether oxygens (including phenoxy) is 1. The third-order valence-corrected chi connectivity index (χ3v) is 5.64. The van der Waals surface area contributed by atoms with Crippen LogP contribution in [-0.4, -0.2) is 47.7 Å². The molecular weight excluding hydrogens is 368 g/mol. The Kier molecular flexibility index (Phi) is 5.65. The van der Waals surface area contributed by atoms with E-state index in [1.807, 2.05) is 13.0 Å². The van der Waals surface area contributed by atoms with Gasteiger partial charge in [0.25, 0.3) is 0 Å². The summed E-state index contributed by atoms with van der Waals surface area (Å²) < 4.78 is 5.94. The Morgan fingerprint density at radius 1 is 1.30 bits per heavy atom. The highest BCUT2D eigenvalue weighted by Crippen LogP contribution is 2.29. The number of carboxylic acids is 1. The Labute approximate surface area is 160 Å². The fourth-order valence-corrected chi connectivity index (χ4v) is 4.26. The number of hydrogen-bond acceptors (Lipinski definition) is 5. The molecule has 1 aliphatic heterocycles. The minimum Gasteiger partial charge on any atom is -0.481 e. The number of amides is 2. The van der Waals surface area contributed by atoms with Gasteiger partial charge in [0.15, 0.2) is 0 Å². The summed E-state index contributed by atoms with van der Waals surface area (Å²) in [5.41, 5.74) is 0.603. The van der Waals surface area contributed by atoms with Gasteiger partial charge < -0.3 is 20.1 Å². The molecule has 2 amide bonds. The number of nitrogens with zero attached hydrogens (tertiary/aromatic N) is 1. The second kappa shape index (κ2) is 7.96. The van der Waals surface area contributed by atoms with Crippen LogP contribution >= 0.6 is 11.3 Å². The summed E-state index contributed by atoms with van der Waals surface area (Å²) in [5.74, 6) is -1.63. The number of carbonyl (C=O) groups is 3. The Hall–Kier alpha value is -2.61. The number of anilines is 1. The predicted molar refractivity (Wildman–Crippen MR) is 103 cm³/mol. The first-order chi connectivity index (χ1) is 12.9. The predicted octanol–water partition coefficient (Wildman–Crippen LogP) is 3.65. The molecule has 144 valence electrons. The van der Waals surface area contributed by atoms with E-state index in [9.17, 15) is 19.5 Å². The molecule has 8 heteroatoms. The minimum absolute atomic E-state index is 0.136. The van der Waals surface area contributed by atoms with Crippen molar-refractivity contribution in [3.63, 3.8) is 0 Å². The Morgan fingerprint density at radius 3 is 2.78 bits per heavy atom. The van der Waals surface area contributed by atoms with Gasteiger partial charge in [0.05, 0.1) is 12.5 Å². The SMILES string of the molecule is CCOC(=O)c1cc2cc(NC(=O)N3CC(C)CC(C(=O)O)C3)ccc2s1. The molecule has 0 spiro atoms. The van der Waals surface area contributed by atoms with Crippen molar-refractivity contribution < 1.29 is 24.2 Å². The van der Waals surface area contributed by atoms with Crippen LogP contribution in [-0.2, 0) is 9.53 Å². The fourth-order valence-electron chi connectivity index (χ4n) is 3.32. The summed E-state index contributed by atoms with van der Waals surface area (Å²) in [6.07, 6.45) is 0.580. The van der Waals surface area contributed by atoms with E-state index in [1.54, 1.807) is 30.0 Å². The molecule has 2 N–H and O–H groups in total. The molecule has 7 nitrogen and oxygen atoms in total. The van der Waals surface area contributed by atoms with Crippen molar-refractivity contribution in [1.82, 2.24) is 4.90 Å². The average molecular weight is 390 g/mol. The van der Waals surface area contributed by atoms with Gasteiger partial charge in [0.1, 0.15) is 4.88 Å². The molecule has 0 saturated carbocycles. The number of thiophene rings is 1. The lowest BCUT2D eigenvalue weighted by molar-refractivity contribution is -0.143. The van der Waals surface area contributed by atoms with Crippen molar-refractivity contribution >= 4 is 45.1 Å². The number of urea groups is 1. The van der Waals surface area contributed by atoms with Crippen molar-refractivity contribution in [1.29, 1.82) is 0 Å². The molecule has 2 unspecified atom stereocenters. The van der Waals surface area contributed by atoms with E-state index in [-0.39, 0.29) is 24.5 Å². The summed E-state index contributed by atoms with van der Waals surface area (Å²) in [4.78, 5) is 37.8. The van der Waals surface area contributed by atoms with Crippen LogP contribution in [0.3, 0.4) is 0 Å². The second-order valence-electron chi connectivity index (χ2n) is 6.79. The number of piperidine rings is 1. The summed E-state index contributed by atoms with van der Waals surface area (Å²) >= 11 is 1.34. The second-order valence-corrected chi connectivity index (χ2v) is 7.88. The first kappa shape index (κ1) is 19.2. The van der Waals surface area contributed by atoms with Crippen LogP contribution in [0.15, 0.2) is 24.3 Å². The lowest BCUT2D eigenvalue weighted by Gasteiger charge is -2.34. The Bertz CT molecular complexity index is 878. The number of likely N-dealkylation sites (tertiary alicyclic amines) is 1. The van der Waals surface area contributed by atoms with E-state index in [1.165, 1.54) is 11.3 Å². The summed E-state index contributed by atoms with van der Waals surface area (Å²) in [5, 5.41) is 12.9. The highest BCUT2D eigenvalue weighted by Gasteiger charge is 2.31. The molecule has 1 aromatic heterocycles. The van der Waals surface area contributed by atoms with Gasteiger partial charge in [-0.15, -0.1) is 11.3 Å². The topological polar surface area (TPSA) is 95.9 Å². The molecule has 3 rings (SSSR count). The number of fused-ring (bicyclic) bond motifs is 1. The van der Waals surface area contributed by atoms with E-state index in [4.69, 9.17) is 4.74 Å². The molecule has 1 fully saturated rings. The van der Waals surface area contributed by atoms with E-state index < -0.39 is 11.9 Å². The van der Waals surface area contributed by atoms with Crippen molar-refractivity contribution in [2.45, 2.75) is 20.3 Å². The highest BCUT2D eigenvalue weighted by atomic mass is 32.1. The van der Waals surface area contributed by atoms with Gasteiger partial charge in [-0.1, -0.05) is 6.92 Å². The van der Waals surface area contributed by atoms with Gasteiger partial charge in [-0.3, -0.25) is 4.79 Å². The van der Waals surface area contributed by atoms with Gasteiger partial charge in [-0.05, 0) is 48.9 Å². The third-order valence-electron chi connectivity index (χ3n) is 4.54. The summed E-state index contributed by atoms with van der Waals surface area (Å²) in [6, 6.07) is 6.85. The van der Waals surface area contributed by atoms with Crippen LogP contribution in [0.1, 0.15) is 29.9 Å². The summed E-state index contributed by atoms with van der Waals surface area (Å²) in [6.45, 7) is 4.77. The van der Waals surface area contributed by atoms with Crippen LogP contribution in [0, 0.1) is 11.8 Å². The fraction of sp³-hybridized carbons (Fsp3) is 0.421. The molecular formula is C19H22N2O5S. The number of aliphatic carboxylic acids is 1. The van der Waals surface area contributed by atoms with E-state index in [2.05, 4.69) is 5.32 Å². The van der Waals surface area contributed by atoms with Crippen LogP contribution in [0.5, 0.6) is 0 Å². The lowest BCUT2D eigenvalue weighted by atomic mass is 9.91. The van der Waals surface area contributed by atoms with Gasteiger partial charge in [0, 0.05) is 23.5 Å². The van der Waals surface area contributed by atoms with Crippen LogP contribution < -0.4 is 5.32 Å². The summed E-state index contributed by atoms with van der Waals surface area (Å²) in [7, 11) is 0. The number of carbonyl (C=O) groups excluding carboxylic acids is 2. The quantitative estimate of drug-likeness (QED) is 0.777. The van der Waals surface area contributed by atoms with Crippen molar-refractivity contribution in [3.05, 3.63) is 29.1 Å². The number of carboxylic acid groups (broad SMARTS) is 1. The maximum absolute atomic E-state index is 12.6. The number of nitrogens with one attached hydrogen (secondary N) is 1. The smallest absolute Gasteiger partial charge is 0.348 e. The molecule has 0 aliphatic carbocycles. The normalized spacial score (nSPS) is 19.7. The van der Waals surface area contributed by atoms with Crippen LogP contribution in [0.2, 0.25) is 0 Å². The molecule has 1 saturated heterocycles. The van der Waals surface area contributed by atoms with E-state index in [0.29, 0.717) is 30.1 Å². The first-order valence-electron chi connectivity index (χ1n) is 8.86. The molecule has 1 aliphatic rings. The average Bonchev–Trinajstić information content (AvgIpc) is 3.04. The molecule has 2 heterocycles. The third kappa shape index (κ3) is 4.39. The Balaban J connectivity index is 1.73. The number of rotatable bonds is 4. The van der Waals surface area contributed by atoms with Gasteiger partial charge in [-0.2, -0.15) is 0 Å². The monoisotopic (exact) mass is 390 g/mol.